The summed E-state index contributed by atoms with van der Waals surface area (Å²) < 4.78 is 37.5. The lowest BCUT2D eigenvalue weighted by Gasteiger charge is -2.06. The predicted molar refractivity (Wildman–Crippen MR) is 72.9 cm³/mol. The number of halogens is 3. The first-order chi connectivity index (χ1) is 9.91. The number of imidazole rings is 1. The van der Waals surface area contributed by atoms with Gasteiger partial charge in [0, 0.05) is 12.1 Å². The number of aromatic amines is 1. The highest BCUT2D eigenvalue weighted by atomic mass is 19.4. The van der Waals surface area contributed by atoms with Gasteiger partial charge in [-0.2, -0.15) is 13.2 Å². The van der Waals surface area contributed by atoms with Gasteiger partial charge in [-0.15, -0.1) is 0 Å². The van der Waals surface area contributed by atoms with Crippen molar-refractivity contribution in [3.05, 3.63) is 59.0 Å². The second-order valence-electron chi connectivity index (χ2n) is 4.88. The van der Waals surface area contributed by atoms with Gasteiger partial charge >= 0.3 is 6.18 Å². The van der Waals surface area contributed by atoms with Crippen LogP contribution in [0.25, 0.3) is 11.2 Å². The van der Waals surface area contributed by atoms with Crippen LogP contribution in [-0.2, 0) is 12.6 Å². The maximum absolute atomic E-state index is 12.5. The van der Waals surface area contributed by atoms with Crippen LogP contribution in [0.5, 0.6) is 0 Å². The number of aryl methyl sites for hydroxylation is 1. The molecule has 0 saturated heterocycles. The van der Waals surface area contributed by atoms with Gasteiger partial charge in [0.15, 0.2) is 5.65 Å². The molecule has 0 radical (unpaired) electrons. The lowest BCUT2D eigenvalue weighted by atomic mass is 10.1. The van der Waals surface area contributed by atoms with E-state index in [0.29, 0.717) is 17.9 Å². The van der Waals surface area contributed by atoms with Crippen molar-refractivity contribution in [1.29, 1.82) is 0 Å². The van der Waals surface area contributed by atoms with E-state index in [4.69, 9.17) is 0 Å². The van der Waals surface area contributed by atoms with Crippen LogP contribution in [0, 0.1) is 6.92 Å². The molecule has 6 heteroatoms. The van der Waals surface area contributed by atoms with E-state index < -0.39 is 11.7 Å². The van der Waals surface area contributed by atoms with Gasteiger partial charge in [-0.05, 0) is 36.8 Å². The summed E-state index contributed by atoms with van der Waals surface area (Å²) in [6.07, 6.45) is -3.87. The molecule has 0 aliphatic rings. The maximum Gasteiger partial charge on any atom is 0.416 e. The molecule has 2 aromatic heterocycles. The SMILES string of the molecule is Cc1ccc2[nH]c(Cc3ccc(C(F)(F)F)cc3)nc2n1. The van der Waals surface area contributed by atoms with E-state index in [1.807, 2.05) is 19.1 Å². The Kier molecular flexibility index (Phi) is 3.16. The Balaban J connectivity index is 1.84. The molecular formula is C15H12F3N3. The lowest BCUT2D eigenvalue weighted by molar-refractivity contribution is -0.137. The highest BCUT2D eigenvalue weighted by molar-refractivity contribution is 5.70. The molecule has 0 unspecified atom stereocenters. The Labute approximate surface area is 118 Å². The minimum atomic E-state index is -4.31. The number of alkyl halides is 3. The molecule has 3 nitrogen and oxygen atoms in total. The largest absolute Gasteiger partial charge is 0.416 e. The van der Waals surface area contributed by atoms with E-state index >= 15 is 0 Å². The number of rotatable bonds is 2. The summed E-state index contributed by atoms with van der Waals surface area (Å²) in [7, 11) is 0. The number of benzene rings is 1. The zero-order valence-electron chi connectivity index (χ0n) is 11.2. The third-order valence-corrected chi connectivity index (χ3v) is 3.19. The Morgan fingerprint density at radius 1 is 1.00 bits per heavy atom. The fourth-order valence-corrected chi connectivity index (χ4v) is 2.13. The lowest BCUT2D eigenvalue weighted by Crippen LogP contribution is -2.04. The average molecular weight is 291 g/mol. The summed E-state index contributed by atoms with van der Waals surface area (Å²) in [6, 6.07) is 8.87. The molecule has 0 amide bonds. The molecule has 2 heterocycles. The van der Waals surface area contributed by atoms with Crippen LogP contribution in [0.1, 0.15) is 22.6 Å². The van der Waals surface area contributed by atoms with Crippen molar-refractivity contribution in [3.8, 4) is 0 Å². The van der Waals surface area contributed by atoms with Crippen LogP contribution in [0.15, 0.2) is 36.4 Å². The van der Waals surface area contributed by atoms with E-state index in [9.17, 15) is 13.2 Å². The molecule has 108 valence electrons. The van der Waals surface area contributed by atoms with Crippen molar-refractivity contribution in [3.63, 3.8) is 0 Å². The number of hydrogen-bond acceptors (Lipinski definition) is 2. The van der Waals surface area contributed by atoms with Gasteiger partial charge in [0.2, 0.25) is 0 Å². The molecule has 0 spiro atoms. The number of nitrogens with one attached hydrogen (secondary N) is 1. The predicted octanol–water partition coefficient (Wildman–Crippen LogP) is 3.88. The van der Waals surface area contributed by atoms with Gasteiger partial charge in [-0.25, -0.2) is 9.97 Å². The first-order valence-corrected chi connectivity index (χ1v) is 6.40. The fraction of sp³-hybridized carbons (Fsp3) is 0.200. The average Bonchev–Trinajstić information content (AvgIpc) is 2.79. The van der Waals surface area contributed by atoms with Gasteiger partial charge in [0.1, 0.15) is 5.82 Å². The smallest absolute Gasteiger partial charge is 0.340 e. The van der Waals surface area contributed by atoms with E-state index in [0.717, 1.165) is 28.9 Å². The van der Waals surface area contributed by atoms with E-state index in [1.54, 1.807) is 0 Å². The third-order valence-electron chi connectivity index (χ3n) is 3.19. The number of pyridine rings is 1. The first-order valence-electron chi connectivity index (χ1n) is 6.40. The van der Waals surface area contributed by atoms with Gasteiger partial charge in [0.25, 0.3) is 0 Å². The molecule has 0 fully saturated rings. The van der Waals surface area contributed by atoms with Crippen LogP contribution in [-0.4, -0.2) is 15.0 Å². The molecule has 3 rings (SSSR count). The van der Waals surface area contributed by atoms with Crippen molar-refractivity contribution in [2.24, 2.45) is 0 Å². The molecule has 1 aromatic carbocycles. The van der Waals surface area contributed by atoms with Crippen molar-refractivity contribution in [1.82, 2.24) is 15.0 Å². The minimum absolute atomic E-state index is 0.438. The van der Waals surface area contributed by atoms with Gasteiger partial charge in [-0.3, -0.25) is 0 Å². The highest BCUT2D eigenvalue weighted by Gasteiger charge is 2.29. The summed E-state index contributed by atoms with van der Waals surface area (Å²) in [5.41, 5.74) is 2.43. The van der Waals surface area contributed by atoms with Crippen LogP contribution in [0.3, 0.4) is 0 Å². The third kappa shape index (κ3) is 2.89. The van der Waals surface area contributed by atoms with E-state index in [-0.39, 0.29) is 0 Å². The first kappa shape index (κ1) is 13.6. The molecule has 0 aliphatic heterocycles. The zero-order valence-corrected chi connectivity index (χ0v) is 11.2. The van der Waals surface area contributed by atoms with Crippen molar-refractivity contribution in [2.45, 2.75) is 19.5 Å². The van der Waals surface area contributed by atoms with Crippen LogP contribution >= 0.6 is 0 Å². The molecule has 3 aromatic rings. The quantitative estimate of drug-likeness (QED) is 0.778. The Morgan fingerprint density at radius 2 is 1.71 bits per heavy atom. The van der Waals surface area contributed by atoms with Crippen LogP contribution < -0.4 is 0 Å². The maximum atomic E-state index is 12.5. The fourth-order valence-electron chi connectivity index (χ4n) is 2.13. The molecule has 21 heavy (non-hydrogen) atoms. The van der Waals surface area contributed by atoms with Gasteiger partial charge in [-0.1, -0.05) is 12.1 Å². The van der Waals surface area contributed by atoms with E-state index in [2.05, 4.69) is 15.0 Å². The number of nitrogens with zero attached hydrogens (tertiary/aromatic N) is 2. The molecular weight excluding hydrogens is 279 g/mol. The number of H-pyrrole nitrogens is 1. The van der Waals surface area contributed by atoms with Crippen molar-refractivity contribution in [2.75, 3.05) is 0 Å². The second kappa shape index (κ2) is 4.87. The number of hydrogen-bond donors (Lipinski definition) is 1. The zero-order chi connectivity index (χ0) is 15.0. The Hall–Kier alpha value is -2.37. The topological polar surface area (TPSA) is 41.6 Å². The highest BCUT2D eigenvalue weighted by Crippen LogP contribution is 2.29. The molecule has 0 atom stereocenters. The van der Waals surface area contributed by atoms with Gasteiger partial charge in [0.05, 0.1) is 11.1 Å². The summed E-state index contributed by atoms with van der Waals surface area (Å²) in [6.45, 7) is 1.88. The number of aromatic nitrogens is 3. The molecule has 0 aliphatic carbocycles. The molecule has 0 saturated carbocycles. The van der Waals surface area contributed by atoms with Crippen molar-refractivity contribution >= 4 is 11.2 Å². The summed E-state index contributed by atoms with van der Waals surface area (Å²) >= 11 is 0. The second-order valence-corrected chi connectivity index (χ2v) is 4.88. The van der Waals surface area contributed by atoms with Crippen molar-refractivity contribution < 1.29 is 13.2 Å². The summed E-state index contributed by atoms with van der Waals surface area (Å²) in [4.78, 5) is 11.8. The van der Waals surface area contributed by atoms with Crippen LogP contribution in [0.4, 0.5) is 13.2 Å². The van der Waals surface area contributed by atoms with Gasteiger partial charge < -0.3 is 4.98 Å². The normalized spacial score (nSPS) is 12.0. The standard InChI is InChI=1S/C15H12F3N3/c1-9-2-7-12-14(19-9)21-13(20-12)8-10-3-5-11(6-4-10)15(16,17)18/h2-7H,8H2,1H3,(H,19,20,21). The van der Waals surface area contributed by atoms with E-state index in [1.165, 1.54) is 12.1 Å². The minimum Gasteiger partial charge on any atom is -0.340 e. The summed E-state index contributed by atoms with van der Waals surface area (Å²) in [5.74, 6) is 0.683. The monoisotopic (exact) mass is 291 g/mol. The molecule has 1 N–H and O–H groups in total. The summed E-state index contributed by atoms with van der Waals surface area (Å²) in [5, 5.41) is 0. The Morgan fingerprint density at radius 3 is 2.38 bits per heavy atom. The molecule has 0 bridgehead atoms. The Bertz CT molecular complexity index is 773. The van der Waals surface area contributed by atoms with Crippen LogP contribution in [0.2, 0.25) is 0 Å². The number of fused-ring (bicyclic) bond motifs is 1.